The van der Waals surface area contributed by atoms with E-state index in [0.29, 0.717) is 4.91 Å². The molecule has 0 atom stereocenters. The van der Waals surface area contributed by atoms with Gasteiger partial charge in [-0.2, -0.15) is 0 Å². The summed E-state index contributed by atoms with van der Waals surface area (Å²) in [6, 6.07) is 11.9. The zero-order chi connectivity index (χ0) is 19.6. The molecule has 1 aliphatic heterocycles. The second kappa shape index (κ2) is 7.84. The average Bonchev–Trinajstić information content (AvgIpc) is 3.06. The van der Waals surface area contributed by atoms with E-state index < -0.39 is 17.1 Å². The van der Waals surface area contributed by atoms with Crippen LogP contribution >= 0.6 is 11.8 Å². The van der Waals surface area contributed by atoms with Gasteiger partial charge in [0.1, 0.15) is 6.54 Å². The van der Waals surface area contributed by atoms with Crippen molar-refractivity contribution in [2.45, 2.75) is 20.8 Å². The number of thioether (sulfide) groups is 1. The van der Waals surface area contributed by atoms with Crippen LogP contribution in [0.25, 0.3) is 11.8 Å². The van der Waals surface area contributed by atoms with Crippen molar-refractivity contribution in [1.29, 1.82) is 0 Å². The molecule has 3 rings (SSSR count). The molecule has 0 radical (unpaired) electrons. The van der Waals surface area contributed by atoms with Gasteiger partial charge in [-0.3, -0.25) is 19.3 Å². The van der Waals surface area contributed by atoms with E-state index in [1.54, 1.807) is 13.0 Å². The second-order valence-electron chi connectivity index (χ2n) is 6.07. The fourth-order valence-electron chi connectivity index (χ4n) is 3.02. The van der Waals surface area contributed by atoms with Crippen molar-refractivity contribution in [1.82, 2.24) is 9.47 Å². The first-order valence-corrected chi connectivity index (χ1v) is 9.39. The number of aromatic nitrogens is 1. The van der Waals surface area contributed by atoms with Crippen LogP contribution in [0.3, 0.4) is 0 Å². The lowest BCUT2D eigenvalue weighted by molar-refractivity contribution is -0.145. The van der Waals surface area contributed by atoms with Gasteiger partial charge >= 0.3 is 5.97 Å². The molecule has 1 aliphatic rings. The van der Waals surface area contributed by atoms with Crippen molar-refractivity contribution in [3.8, 4) is 5.69 Å². The number of ether oxygens (including phenoxy) is 1. The summed E-state index contributed by atoms with van der Waals surface area (Å²) in [5.74, 6) is -1.06. The summed E-state index contributed by atoms with van der Waals surface area (Å²) >= 11 is 0.838. The molecule has 6 nitrogen and oxygen atoms in total. The van der Waals surface area contributed by atoms with E-state index in [2.05, 4.69) is 4.57 Å². The molecule has 0 bridgehead atoms. The molecule has 0 unspecified atom stereocenters. The van der Waals surface area contributed by atoms with Crippen molar-refractivity contribution in [2.24, 2.45) is 0 Å². The fraction of sp³-hybridized carbons (Fsp3) is 0.250. The summed E-state index contributed by atoms with van der Waals surface area (Å²) < 4.78 is 6.92. The van der Waals surface area contributed by atoms with Crippen molar-refractivity contribution in [2.75, 3.05) is 13.2 Å². The molecule has 0 saturated carbocycles. The second-order valence-corrected chi connectivity index (χ2v) is 7.06. The Morgan fingerprint density at radius 2 is 1.89 bits per heavy atom. The summed E-state index contributed by atoms with van der Waals surface area (Å²) in [7, 11) is 0. The number of carbonyl (C=O) groups excluding carboxylic acids is 3. The van der Waals surface area contributed by atoms with Gasteiger partial charge in [-0.1, -0.05) is 18.2 Å². The van der Waals surface area contributed by atoms with Crippen LogP contribution in [-0.2, 0) is 14.3 Å². The van der Waals surface area contributed by atoms with Crippen LogP contribution in [0.5, 0.6) is 0 Å². The van der Waals surface area contributed by atoms with Gasteiger partial charge in [0.2, 0.25) is 0 Å². The van der Waals surface area contributed by atoms with Crippen LogP contribution in [-0.4, -0.2) is 39.7 Å². The van der Waals surface area contributed by atoms with Gasteiger partial charge in [-0.05, 0) is 62.4 Å². The molecule has 27 heavy (non-hydrogen) atoms. The fourth-order valence-corrected chi connectivity index (χ4v) is 3.85. The molecule has 0 N–H and O–H groups in total. The molecular formula is C20H20N2O4S. The predicted molar refractivity (Wildman–Crippen MR) is 105 cm³/mol. The number of hydrogen-bond acceptors (Lipinski definition) is 5. The number of carbonyl (C=O) groups is 3. The maximum absolute atomic E-state index is 12.5. The highest BCUT2D eigenvalue weighted by molar-refractivity contribution is 8.18. The summed E-state index contributed by atoms with van der Waals surface area (Å²) in [4.78, 5) is 37.5. The third-order valence-corrected chi connectivity index (χ3v) is 5.14. The molecule has 1 aromatic heterocycles. The largest absolute Gasteiger partial charge is 0.465 e. The van der Waals surface area contributed by atoms with Gasteiger partial charge < -0.3 is 9.30 Å². The Balaban J connectivity index is 1.89. The third kappa shape index (κ3) is 3.83. The van der Waals surface area contributed by atoms with Crippen molar-refractivity contribution in [3.05, 3.63) is 58.3 Å². The Kier molecular flexibility index (Phi) is 5.51. The molecule has 2 heterocycles. The number of nitrogens with zero attached hydrogens (tertiary/aromatic N) is 2. The zero-order valence-corrected chi connectivity index (χ0v) is 16.2. The molecule has 0 aliphatic carbocycles. The van der Waals surface area contributed by atoms with Crippen molar-refractivity contribution < 1.29 is 19.1 Å². The van der Waals surface area contributed by atoms with E-state index in [9.17, 15) is 14.4 Å². The average molecular weight is 384 g/mol. The molecule has 1 fully saturated rings. The Hall–Kier alpha value is -2.80. The number of amides is 2. The highest BCUT2D eigenvalue weighted by atomic mass is 32.2. The van der Waals surface area contributed by atoms with Crippen LogP contribution in [0.2, 0.25) is 0 Å². The minimum Gasteiger partial charge on any atom is -0.465 e. The van der Waals surface area contributed by atoms with Crippen molar-refractivity contribution >= 4 is 35.0 Å². The summed E-state index contributed by atoms with van der Waals surface area (Å²) in [5.41, 5.74) is 3.88. The number of para-hydroxylation sites is 1. The monoisotopic (exact) mass is 384 g/mol. The smallest absolute Gasteiger partial charge is 0.326 e. The number of rotatable bonds is 5. The molecule has 1 saturated heterocycles. The first-order valence-electron chi connectivity index (χ1n) is 8.57. The standard InChI is InChI=1S/C20H20N2O4S/c1-4-26-18(23)12-21-19(24)17(27-20(21)25)11-15-10-13(2)22(14(15)3)16-8-6-5-7-9-16/h5-11H,4,12H2,1-3H3/b17-11-. The summed E-state index contributed by atoms with van der Waals surface area (Å²) in [6.45, 7) is 5.47. The number of benzene rings is 1. The van der Waals surface area contributed by atoms with Crippen LogP contribution in [0.1, 0.15) is 23.9 Å². The molecule has 140 valence electrons. The molecule has 7 heteroatoms. The van der Waals surface area contributed by atoms with Crippen LogP contribution < -0.4 is 0 Å². The van der Waals surface area contributed by atoms with Gasteiger partial charge in [0.25, 0.3) is 11.1 Å². The maximum Gasteiger partial charge on any atom is 0.326 e. The normalized spacial score (nSPS) is 15.7. The van der Waals surface area contributed by atoms with Crippen LogP contribution in [0.4, 0.5) is 4.79 Å². The molecule has 0 spiro atoms. The summed E-state index contributed by atoms with van der Waals surface area (Å²) in [5, 5.41) is -0.462. The van der Waals surface area contributed by atoms with E-state index in [4.69, 9.17) is 4.74 Å². The van der Waals surface area contributed by atoms with E-state index in [1.165, 1.54) is 0 Å². The molecular weight excluding hydrogens is 364 g/mol. The predicted octanol–water partition coefficient (Wildman–Crippen LogP) is 3.69. The lowest BCUT2D eigenvalue weighted by Crippen LogP contribution is -2.34. The Bertz CT molecular complexity index is 931. The lowest BCUT2D eigenvalue weighted by Gasteiger charge is -2.10. The van der Waals surface area contributed by atoms with Gasteiger partial charge in [0, 0.05) is 17.1 Å². The van der Waals surface area contributed by atoms with Crippen molar-refractivity contribution in [3.63, 3.8) is 0 Å². The van der Waals surface area contributed by atoms with Gasteiger partial charge in [0.15, 0.2) is 0 Å². The highest BCUT2D eigenvalue weighted by Gasteiger charge is 2.36. The highest BCUT2D eigenvalue weighted by Crippen LogP contribution is 2.33. The number of hydrogen-bond donors (Lipinski definition) is 0. The first kappa shape index (κ1) is 19.0. The lowest BCUT2D eigenvalue weighted by atomic mass is 10.2. The minimum absolute atomic E-state index is 0.205. The quantitative estimate of drug-likeness (QED) is 0.581. The topological polar surface area (TPSA) is 68.6 Å². The Labute approximate surface area is 161 Å². The van der Waals surface area contributed by atoms with Crippen LogP contribution in [0, 0.1) is 13.8 Å². The minimum atomic E-state index is -0.594. The number of imide groups is 1. The van der Waals surface area contributed by atoms with E-state index >= 15 is 0 Å². The Morgan fingerprint density at radius 3 is 2.56 bits per heavy atom. The van der Waals surface area contributed by atoms with E-state index in [-0.39, 0.29) is 13.2 Å². The van der Waals surface area contributed by atoms with Gasteiger partial charge in [-0.25, -0.2) is 0 Å². The van der Waals surface area contributed by atoms with E-state index in [0.717, 1.165) is 39.3 Å². The Morgan fingerprint density at radius 1 is 1.19 bits per heavy atom. The third-order valence-electron chi connectivity index (χ3n) is 4.24. The van der Waals surface area contributed by atoms with Gasteiger partial charge in [-0.15, -0.1) is 0 Å². The van der Waals surface area contributed by atoms with Crippen LogP contribution in [0.15, 0.2) is 41.3 Å². The SMILES string of the molecule is CCOC(=O)CN1C(=O)S/C(=C\c2cc(C)n(-c3ccccc3)c2C)C1=O. The van der Waals surface area contributed by atoms with E-state index in [1.807, 2.05) is 50.2 Å². The number of esters is 1. The molecule has 1 aromatic carbocycles. The van der Waals surface area contributed by atoms with Gasteiger partial charge in [0.05, 0.1) is 11.5 Å². The molecule has 2 amide bonds. The molecule has 2 aromatic rings. The number of aryl methyl sites for hydroxylation is 1. The zero-order valence-electron chi connectivity index (χ0n) is 15.4. The maximum atomic E-state index is 12.5. The summed E-state index contributed by atoms with van der Waals surface area (Å²) in [6.07, 6.45) is 1.71. The first-order chi connectivity index (χ1) is 12.9.